The highest BCUT2D eigenvalue weighted by Crippen LogP contribution is 2.41. The van der Waals surface area contributed by atoms with Gasteiger partial charge in [0.05, 0.1) is 6.61 Å². The molecule has 6 heteroatoms. The second-order valence-corrected chi connectivity index (χ2v) is 6.73. The van der Waals surface area contributed by atoms with E-state index >= 15 is 0 Å². The fourth-order valence-electron chi connectivity index (χ4n) is 3.38. The van der Waals surface area contributed by atoms with Crippen LogP contribution in [0.15, 0.2) is 36.4 Å². The van der Waals surface area contributed by atoms with Crippen molar-refractivity contribution in [2.45, 2.75) is 26.2 Å². The molecule has 0 bridgehead atoms. The van der Waals surface area contributed by atoms with Crippen LogP contribution in [0.1, 0.15) is 24.5 Å². The second kappa shape index (κ2) is 14.0. The van der Waals surface area contributed by atoms with Gasteiger partial charge in [-0.05, 0) is 36.0 Å². The molecular weight excluding hydrogens is 384 g/mol. The summed E-state index contributed by atoms with van der Waals surface area (Å²) in [6, 6.07) is 12.2. The summed E-state index contributed by atoms with van der Waals surface area (Å²) < 4.78 is 33.1. The summed E-state index contributed by atoms with van der Waals surface area (Å²) in [6.07, 6.45) is 2.44. The number of ether oxygens (including phenoxy) is 6. The highest BCUT2D eigenvalue weighted by Gasteiger charge is 2.20. The molecule has 0 unspecified atom stereocenters. The van der Waals surface area contributed by atoms with Crippen molar-refractivity contribution >= 4 is 0 Å². The molecule has 0 aliphatic rings. The van der Waals surface area contributed by atoms with Crippen LogP contribution in [0.3, 0.4) is 0 Å². The van der Waals surface area contributed by atoms with Gasteiger partial charge in [0.1, 0.15) is 11.5 Å². The first-order valence-electron chi connectivity index (χ1n) is 10.3. The summed E-state index contributed by atoms with van der Waals surface area (Å²) in [5, 5.41) is 0. The van der Waals surface area contributed by atoms with Crippen molar-refractivity contribution in [1.29, 1.82) is 0 Å². The van der Waals surface area contributed by atoms with Gasteiger partial charge in [0.15, 0.2) is 13.6 Å². The van der Waals surface area contributed by atoms with E-state index in [2.05, 4.69) is 19.1 Å². The maximum absolute atomic E-state index is 5.96. The highest BCUT2D eigenvalue weighted by atomic mass is 16.7. The van der Waals surface area contributed by atoms with Crippen molar-refractivity contribution < 1.29 is 28.4 Å². The van der Waals surface area contributed by atoms with Crippen LogP contribution >= 0.6 is 0 Å². The maximum Gasteiger partial charge on any atom is 0.188 e. The van der Waals surface area contributed by atoms with Crippen LogP contribution in [0.5, 0.6) is 11.5 Å². The van der Waals surface area contributed by atoms with Crippen molar-refractivity contribution in [1.82, 2.24) is 0 Å². The van der Waals surface area contributed by atoms with Gasteiger partial charge in [-0.15, -0.1) is 0 Å². The third-order valence-electron chi connectivity index (χ3n) is 4.69. The second-order valence-electron chi connectivity index (χ2n) is 6.73. The van der Waals surface area contributed by atoms with Crippen LogP contribution in [0.4, 0.5) is 0 Å². The van der Waals surface area contributed by atoms with Crippen LogP contribution in [0.2, 0.25) is 0 Å². The van der Waals surface area contributed by atoms with Gasteiger partial charge in [-0.25, -0.2) is 0 Å². The zero-order valence-electron chi connectivity index (χ0n) is 18.6. The fraction of sp³-hybridized carbons (Fsp3) is 0.500. The third kappa shape index (κ3) is 6.99. The molecule has 0 radical (unpaired) electrons. The molecular formula is C24H34O6. The number of hydrogen-bond acceptors (Lipinski definition) is 6. The molecule has 0 saturated carbocycles. The lowest BCUT2D eigenvalue weighted by atomic mass is 9.90. The Morgan fingerprint density at radius 3 is 2.07 bits per heavy atom. The Labute approximate surface area is 180 Å². The van der Waals surface area contributed by atoms with E-state index in [1.165, 1.54) is 0 Å². The Balaban J connectivity index is 2.45. The first-order chi connectivity index (χ1) is 14.8. The smallest absolute Gasteiger partial charge is 0.188 e. The minimum Gasteiger partial charge on any atom is -0.467 e. The molecule has 0 fully saturated rings. The average molecular weight is 419 g/mol. The fourth-order valence-corrected chi connectivity index (χ4v) is 3.38. The monoisotopic (exact) mass is 418 g/mol. The minimum atomic E-state index is 0.155. The lowest BCUT2D eigenvalue weighted by Gasteiger charge is -2.22. The average Bonchev–Trinajstić information content (AvgIpc) is 2.78. The summed E-state index contributed by atoms with van der Waals surface area (Å²) in [4.78, 5) is 0. The van der Waals surface area contributed by atoms with E-state index in [0.29, 0.717) is 19.8 Å². The largest absolute Gasteiger partial charge is 0.467 e. The summed E-state index contributed by atoms with van der Waals surface area (Å²) in [5.74, 6) is 1.49. The molecule has 0 aliphatic carbocycles. The predicted molar refractivity (Wildman–Crippen MR) is 117 cm³/mol. The molecule has 6 nitrogen and oxygen atoms in total. The lowest BCUT2D eigenvalue weighted by molar-refractivity contribution is 0.0457. The SMILES string of the molecule is CCc1c(OCOC)cc(OCOC)c(-c2ccccc2)c1CCOCCCOC. The van der Waals surface area contributed by atoms with Gasteiger partial charge in [-0.2, -0.15) is 0 Å². The number of benzene rings is 2. The summed E-state index contributed by atoms with van der Waals surface area (Å²) in [5.41, 5.74) is 4.44. The molecule has 2 rings (SSSR count). The van der Waals surface area contributed by atoms with Gasteiger partial charge in [-0.3, -0.25) is 0 Å². The number of hydrogen-bond donors (Lipinski definition) is 0. The molecule has 0 N–H and O–H groups in total. The molecule has 0 aromatic heterocycles. The Hall–Kier alpha value is -2.12. The predicted octanol–water partition coefficient (Wildman–Crippen LogP) is 4.48. The molecule has 0 spiro atoms. The van der Waals surface area contributed by atoms with E-state index in [9.17, 15) is 0 Å². The van der Waals surface area contributed by atoms with E-state index < -0.39 is 0 Å². The normalized spacial score (nSPS) is 10.9. The standard InChI is InChI=1S/C24H34O6/c1-5-20-21(12-15-28-14-9-13-25-2)24(19-10-7-6-8-11-19)23(30-18-27-4)16-22(20)29-17-26-3/h6-8,10-11,16H,5,9,12-15,17-18H2,1-4H3. The molecule has 0 heterocycles. The zero-order chi connectivity index (χ0) is 21.6. The topological polar surface area (TPSA) is 55.4 Å². The molecule has 30 heavy (non-hydrogen) atoms. The quantitative estimate of drug-likeness (QED) is 0.314. The van der Waals surface area contributed by atoms with E-state index in [1.807, 2.05) is 24.3 Å². The van der Waals surface area contributed by atoms with Crippen molar-refractivity contribution in [2.24, 2.45) is 0 Å². The molecule has 0 aliphatic heterocycles. The number of rotatable bonds is 15. The first kappa shape index (κ1) is 24.2. The van der Waals surface area contributed by atoms with Crippen LogP contribution < -0.4 is 9.47 Å². The molecule has 0 amide bonds. The van der Waals surface area contributed by atoms with Crippen LogP contribution in [0, 0.1) is 0 Å². The van der Waals surface area contributed by atoms with Gasteiger partial charge in [0.25, 0.3) is 0 Å². The molecule has 0 atom stereocenters. The summed E-state index contributed by atoms with van der Waals surface area (Å²) in [7, 11) is 4.92. The Bertz CT molecular complexity index is 732. The maximum atomic E-state index is 5.96. The molecule has 2 aromatic rings. The van der Waals surface area contributed by atoms with Gasteiger partial charge < -0.3 is 28.4 Å². The zero-order valence-corrected chi connectivity index (χ0v) is 18.6. The van der Waals surface area contributed by atoms with Crippen LogP contribution in [-0.4, -0.2) is 54.7 Å². The van der Waals surface area contributed by atoms with Crippen LogP contribution in [-0.2, 0) is 31.8 Å². The van der Waals surface area contributed by atoms with Crippen LogP contribution in [0.25, 0.3) is 11.1 Å². The summed E-state index contributed by atoms with van der Waals surface area (Å²) in [6.45, 7) is 4.43. The van der Waals surface area contributed by atoms with Crippen molar-refractivity contribution in [3.05, 3.63) is 47.5 Å². The van der Waals surface area contributed by atoms with Gasteiger partial charge in [0.2, 0.25) is 0 Å². The first-order valence-corrected chi connectivity index (χ1v) is 10.3. The molecule has 2 aromatic carbocycles. The number of methoxy groups -OCH3 is 3. The minimum absolute atomic E-state index is 0.155. The lowest BCUT2D eigenvalue weighted by Crippen LogP contribution is -2.11. The summed E-state index contributed by atoms with van der Waals surface area (Å²) >= 11 is 0. The third-order valence-corrected chi connectivity index (χ3v) is 4.69. The Morgan fingerprint density at radius 2 is 1.43 bits per heavy atom. The van der Waals surface area contributed by atoms with E-state index in [1.54, 1.807) is 21.3 Å². The van der Waals surface area contributed by atoms with Gasteiger partial charge >= 0.3 is 0 Å². The van der Waals surface area contributed by atoms with Crippen molar-refractivity contribution in [3.63, 3.8) is 0 Å². The van der Waals surface area contributed by atoms with E-state index in [4.69, 9.17) is 28.4 Å². The Morgan fingerprint density at radius 1 is 0.733 bits per heavy atom. The van der Waals surface area contributed by atoms with Crippen molar-refractivity contribution in [2.75, 3.05) is 54.7 Å². The molecule has 0 saturated heterocycles. The van der Waals surface area contributed by atoms with E-state index in [-0.39, 0.29) is 13.6 Å². The highest BCUT2D eigenvalue weighted by molar-refractivity contribution is 5.77. The molecule has 166 valence electrons. The Kier molecular flexibility index (Phi) is 11.3. The van der Waals surface area contributed by atoms with Crippen molar-refractivity contribution in [3.8, 4) is 22.6 Å². The van der Waals surface area contributed by atoms with Gasteiger partial charge in [0, 0.05) is 46.2 Å². The van der Waals surface area contributed by atoms with E-state index in [0.717, 1.165) is 53.0 Å². The van der Waals surface area contributed by atoms with Gasteiger partial charge in [-0.1, -0.05) is 37.3 Å².